The van der Waals surface area contributed by atoms with Gasteiger partial charge in [-0.15, -0.1) is 45.3 Å². The van der Waals surface area contributed by atoms with E-state index in [-0.39, 0.29) is 0 Å². The summed E-state index contributed by atoms with van der Waals surface area (Å²) in [5, 5.41) is 4.75. The number of hydrogen-bond acceptors (Lipinski definition) is 4. The van der Waals surface area contributed by atoms with Crippen LogP contribution in [-0.4, -0.2) is 0 Å². The zero-order valence-corrected chi connectivity index (χ0v) is 37.2. The molecule has 0 fully saturated rings. The first-order valence-corrected chi connectivity index (χ1v) is 25.5. The predicted octanol–water partition coefficient (Wildman–Crippen LogP) is 18.5. The molecule has 0 radical (unpaired) electrons. The van der Waals surface area contributed by atoms with Gasteiger partial charge in [0.05, 0.1) is 0 Å². The molecule has 0 bridgehead atoms. The van der Waals surface area contributed by atoms with Crippen LogP contribution < -0.4 is 0 Å². The summed E-state index contributed by atoms with van der Waals surface area (Å²) in [5.41, 5.74) is 6.45. The van der Waals surface area contributed by atoms with Gasteiger partial charge in [0.1, 0.15) is 0 Å². The summed E-state index contributed by atoms with van der Waals surface area (Å²) in [6.45, 7) is 9.29. The van der Waals surface area contributed by atoms with Gasteiger partial charge >= 0.3 is 0 Å². The van der Waals surface area contributed by atoms with Crippen molar-refractivity contribution in [3.8, 4) is 29.3 Å². The van der Waals surface area contributed by atoms with Crippen molar-refractivity contribution in [1.82, 2.24) is 0 Å². The molecule has 0 aromatic carbocycles. The Balaban J connectivity index is 1.58. The minimum absolute atomic E-state index is 1.22. The summed E-state index contributed by atoms with van der Waals surface area (Å²) >= 11 is 8.24. The monoisotopic (exact) mass is 778 g/mol. The molecule has 4 aromatic heterocycles. The Hall–Kier alpha value is -1.20. The molecule has 0 atom stereocenters. The van der Waals surface area contributed by atoms with Crippen molar-refractivity contribution in [2.75, 3.05) is 0 Å². The standard InChI is InChI=1S/C48H74S4/c1-5-9-13-17-21-25-29-39-33-35-49-45(39)47-41(31-27-23-19-15-11-7-3)37-43(51-47)44-38-42(32-28-24-20-16-12-8-4)48(52-44)46-40(34-36-50-46)30-26-22-18-14-10-6-2/h33-38H,5-32H2,1-4H3. The first-order valence-electron chi connectivity index (χ1n) is 22.1. The van der Waals surface area contributed by atoms with Crippen molar-refractivity contribution in [2.45, 2.75) is 207 Å². The van der Waals surface area contributed by atoms with Gasteiger partial charge in [-0.25, -0.2) is 0 Å². The molecular formula is C48H74S4. The van der Waals surface area contributed by atoms with Crippen molar-refractivity contribution in [1.29, 1.82) is 0 Å². The molecule has 0 unspecified atom stereocenters. The Morgan fingerprint density at radius 1 is 0.327 bits per heavy atom. The van der Waals surface area contributed by atoms with E-state index in [1.54, 1.807) is 41.8 Å². The van der Waals surface area contributed by atoms with Gasteiger partial charge in [-0.05, 0) is 109 Å². The lowest BCUT2D eigenvalue weighted by atomic mass is 10.0. The maximum Gasteiger partial charge on any atom is 0.0484 e. The van der Waals surface area contributed by atoms with Crippen LogP contribution in [0.2, 0.25) is 0 Å². The Kier molecular flexibility index (Phi) is 22.2. The van der Waals surface area contributed by atoms with Crippen molar-refractivity contribution >= 4 is 45.3 Å². The summed E-state index contributed by atoms with van der Waals surface area (Å²) in [4.78, 5) is 9.37. The fourth-order valence-electron chi connectivity index (χ4n) is 7.70. The number of aryl methyl sites for hydroxylation is 4. The molecule has 0 saturated heterocycles. The van der Waals surface area contributed by atoms with E-state index in [4.69, 9.17) is 0 Å². The molecule has 4 heteroatoms. The van der Waals surface area contributed by atoms with Crippen LogP contribution in [0.25, 0.3) is 29.3 Å². The van der Waals surface area contributed by atoms with Gasteiger partial charge in [0.15, 0.2) is 0 Å². The van der Waals surface area contributed by atoms with Crippen LogP contribution >= 0.6 is 45.3 Å². The van der Waals surface area contributed by atoms with Gasteiger partial charge in [-0.3, -0.25) is 0 Å². The van der Waals surface area contributed by atoms with Crippen LogP contribution in [0.3, 0.4) is 0 Å². The lowest BCUT2D eigenvalue weighted by Crippen LogP contribution is -1.89. The molecule has 0 aliphatic carbocycles. The van der Waals surface area contributed by atoms with Gasteiger partial charge < -0.3 is 0 Å². The van der Waals surface area contributed by atoms with E-state index in [1.165, 1.54) is 190 Å². The third kappa shape index (κ3) is 14.8. The van der Waals surface area contributed by atoms with Gasteiger partial charge in [-0.1, -0.05) is 156 Å². The fraction of sp³-hybridized carbons (Fsp3) is 0.667. The molecule has 0 amide bonds. The zero-order valence-electron chi connectivity index (χ0n) is 33.9. The fourth-order valence-corrected chi connectivity index (χ4v) is 12.5. The molecular weight excluding hydrogens is 705 g/mol. The van der Waals surface area contributed by atoms with E-state index >= 15 is 0 Å². The summed E-state index contributed by atoms with van der Waals surface area (Å²) in [6, 6.07) is 10.2. The molecule has 0 spiro atoms. The van der Waals surface area contributed by atoms with E-state index < -0.39 is 0 Å². The molecule has 290 valence electrons. The lowest BCUT2D eigenvalue weighted by molar-refractivity contribution is 0.607. The Bertz CT molecular complexity index is 1350. The van der Waals surface area contributed by atoms with E-state index in [1.807, 2.05) is 22.7 Å². The number of unbranched alkanes of at least 4 members (excludes halogenated alkanes) is 20. The first-order chi connectivity index (χ1) is 25.7. The summed E-state index contributed by atoms with van der Waals surface area (Å²) in [6.07, 6.45) is 37.7. The second kappa shape index (κ2) is 26.6. The highest BCUT2D eigenvalue weighted by Crippen LogP contribution is 2.48. The van der Waals surface area contributed by atoms with Crippen LogP contribution in [0.4, 0.5) is 0 Å². The third-order valence-corrected chi connectivity index (χ3v) is 15.8. The molecule has 0 N–H and O–H groups in total. The number of thiophene rings is 4. The minimum atomic E-state index is 1.22. The van der Waals surface area contributed by atoms with Crippen LogP contribution in [0.1, 0.15) is 204 Å². The van der Waals surface area contributed by atoms with Gasteiger partial charge in [0, 0.05) is 29.3 Å². The average molecular weight is 779 g/mol. The third-order valence-electron chi connectivity index (χ3n) is 11.0. The van der Waals surface area contributed by atoms with E-state index in [9.17, 15) is 0 Å². The number of hydrogen-bond donors (Lipinski definition) is 0. The molecule has 52 heavy (non-hydrogen) atoms. The highest BCUT2D eigenvalue weighted by Gasteiger charge is 2.21. The van der Waals surface area contributed by atoms with Crippen molar-refractivity contribution < 1.29 is 0 Å². The number of rotatable bonds is 31. The van der Waals surface area contributed by atoms with Crippen LogP contribution in [0.15, 0.2) is 35.0 Å². The Labute approximate surface area is 337 Å². The molecule has 0 aliphatic heterocycles. The summed E-state index contributed by atoms with van der Waals surface area (Å²) in [7, 11) is 0. The SMILES string of the molecule is CCCCCCCCc1ccsc1-c1sc(-c2cc(CCCCCCCC)c(-c3sccc3CCCCCCCC)s2)cc1CCCCCCCC. The van der Waals surface area contributed by atoms with Crippen LogP contribution in [0, 0.1) is 0 Å². The highest BCUT2D eigenvalue weighted by molar-refractivity contribution is 7.28. The summed E-state index contributed by atoms with van der Waals surface area (Å²) in [5.74, 6) is 0. The van der Waals surface area contributed by atoms with E-state index in [0.29, 0.717) is 0 Å². The normalized spacial score (nSPS) is 11.7. The second-order valence-corrected chi connectivity index (χ2v) is 19.5. The largest absolute Gasteiger partial charge is 0.143 e. The first kappa shape index (κ1) is 43.5. The average Bonchev–Trinajstić information content (AvgIpc) is 3.97. The molecule has 4 aromatic rings. The molecule has 0 aliphatic rings. The van der Waals surface area contributed by atoms with E-state index in [0.717, 1.165) is 0 Å². The molecule has 0 nitrogen and oxygen atoms in total. The van der Waals surface area contributed by atoms with E-state index in [2.05, 4.69) is 85.4 Å². The lowest BCUT2D eigenvalue weighted by Gasteiger charge is -2.06. The van der Waals surface area contributed by atoms with Crippen molar-refractivity contribution in [3.63, 3.8) is 0 Å². The van der Waals surface area contributed by atoms with Gasteiger partial charge in [-0.2, -0.15) is 0 Å². The summed E-state index contributed by atoms with van der Waals surface area (Å²) < 4.78 is 0. The van der Waals surface area contributed by atoms with Gasteiger partial charge in [0.25, 0.3) is 0 Å². The molecule has 4 heterocycles. The van der Waals surface area contributed by atoms with Crippen molar-refractivity contribution in [2.24, 2.45) is 0 Å². The van der Waals surface area contributed by atoms with Crippen molar-refractivity contribution in [3.05, 3.63) is 57.3 Å². The second-order valence-electron chi connectivity index (χ2n) is 15.6. The molecule has 0 saturated carbocycles. The molecule has 4 rings (SSSR count). The zero-order chi connectivity index (χ0) is 36.6. The Morgan fingerprint density at radius 3 is 0.942 bits per heavy atom. The maximum absolute atomic E-state index is 2.63. The smallest absolute Gasteiger partial charge is 0.0484 e. The Morgan fingerprint density at radius 2 is 0.615 bits per heavy atom. The highest BCUT2D eigenvalue weighted by atomic mass is 32.1. The predicted molar refractivity (Wildman–Crippen MR) is 243 cm³/mol. The topological polar surface area (TPSA) is 0 Å². The van der Waals surface area contributed by atoms with Gasteiger partial charge in [0.2, 0.25) is 0 Å². The van der Waals surface area contributed by atoms with Crippen LogP contribution in [0.5, 0.6) is 0 Å². The minimum Gasteiger partial charge on any atom is -0.143 e. The quantitative estimate of drug-likeness (QED) is 0.0446. The van der Waals surface area contributed by atoms with Crippen LogP contribution in [-0.2, 0) is 25.7 Å². The maximum atomic E-state index is 2.63.